The smallest absolute Gasteiger partial charge is 0.164 e. The van der Waals surface area contributed by atoms with Crippen LogP contribution in [0.1, 0.15) is 0 Å². The molecular weight excluding hydrogens is 805 g/mol. The maximum atomic E-state index is 6.43. The molecule has 3 heterocycles. The summed E-state index contributed by atoms with van der Waals surface area (Å²) in [6.45, 7) is 0. The first-order valence-corrected chi connectivity index (χ1v) is 22.3. The van der Waals surface area contributed by atoms with Gasteiger partial charge in [0, 0.05) is 49.5 Å². The molecule has 13 rings (SSSR count). The average molecular weight is 843 g/mol. The first-order chi connectivity index (χ1) is 32.7. The normalized spacial score (nSPS) is 11.6. The lowest BCUT2D eigenvalue weighted by atomic mass is 9.86. The van der Waals surface area contributed by atoms with Crippen LogP contribution in [0, 0.1) is 0 Å². The highest BCUT2D eigenvalue weighted by atomic mass is 16.3. The van der Waals surface area contributed by atoms with Gasteiger partial charge in [0.05, 0.1) is 11.0 Å². The van der Waals surface area contributed by atoms with Crippen LogP contribution < -0.4 is 0 Å². The molecule has 0 saturated heterocycles. The summed E-state index contributed by atoms with van der Waals surface area (Å²) in [5.74, 6) is 1.76. The summed E-state index contributed by atoms with van der Waals surface area (Å²) in [7, 11) is 0. The van der Waals surface area contributed by atoms with Gasteiger partial charge in [0.15, 0.2) is 17.5 Å². The van der Waals surface area contributed by atoms with Gasteiger partial charge in [-0.25, -0.2) is 15.0 Å². The fourth-order valence-electron chi connectivity index (χ4n) is 9.78. The van der Waals surface area contributed by atoms with Crippen molar-refractivity contribution in [2.75, 3.05) is 0 Å². The monoisotopic (exact) mass is 842 g/mol. The van der Waals surface area contributed by atoms with E-state index in [1.54, 1.807) is 0 Å². The van der Waals surface area contributed by atoms with Gasteiger partial charge in [0.1, 0.15) is 11.2 Å². The van der Waals surface area contributed by atoms with E-state index in [0.717, 1.165) is 94.0 Å². The van der Waals surface area contributed by atoms with Gasteiger partial charge in [-0.2, -0.15) is 0 Å². The topological polar surface area (TPSA) is 56.7 Å². The third kappa shape index (κ3) is 6.28. The van der Waals surface area contributed by atoms with E-state index in [9.17, 15) is 0 Å². The molecule has 0 fully saturated rings. The lowest BCUT2D eigenvalue weighted by Crippen LogP contribution is -2.02. The van der Waals surface area contributed by atoms with Crippen molar-refractivity contribution < 1.29 is 4.42 Å². The Morgan fingerprint density at radius 3 is 1.65 bits per heavy atom. The number of aromatic nitrogens is 4. The van der Waals surface area contributed by atoms with Crippen LogP contribution in [0.4, 0.5) is 0 Å². The largest absolute Gasteiger partial charge is 0.456 e. The van der Waals surface area contributed by atoms with E-state index in [1.165, 1.54) is 16.3 Å². The number of rotatable bonds is 7. The lowest BCUT2D eigenvalue weighted by molar-refractivity contribution is 0.669. The van der Waals surface area contributed by atoms with E-state index < -0.39 is 0 Å². The Balaban J connectivity index is 1.09. The van der Waals surface area contributed by atoms with Crippen molar-refractivity contribution in [1.82, 2.24) is 19.5 Å². The molecule has 0 amide bonds. The van der Waals surface area contributed by atoms with Crippen molar-refractivity contribution in [1.29, 1.82) is 0 Å². The Morgan fingerprint density at radius 2 is 0.879 bits per heavy atom. The van der Waals surface area contributed by atoms with E-state index in [2.05, 4.69) is 211 Å². The minimum absolute atomic E-state index is 0.580. The van der Waals surface area contributed by atoms with Crippen LogP contribution in [0.2, 0.25) is 0 Å². The Bertz CT molecular complexity index is 3970. The highest BCUT2D eigenvalue weighted by Crippen LogP contribution is 2.45. The molecule has 0 spiro atoms. The second kappa shape index (κ2) is 15.4. The molecule has 0 aliphatic heterocycles. The van der Waals surface area contributed by atoms with Crippen molar-refractivity contribution in [2.24, 2.45) is 0 Å². The van der Waals surface area contributed by atoms with Crippen LogP contribution in [0.25, 0.3) is 128 Å². The molecule has 0 radical (unpaired) electrons. The third-order valence-electron chi connectivity index (χ3n) is 12.8. The van der Waals surface area contributed by atoms with Gasteiger partial charge in [-0.3, -0.25) is 0 Å². The summed E-state index contributed by atoms with van der Waals surface area (Å²) in [6, 6.07) is 81.2. The maximum absolute atomic E-state index is 6.43. The fraction of sp³-hybridized carbons (Fsp3) is 0. The number of fused-ring (bicyclic) bond motifs is 8. The van der Waals surface area contributed by atoms with Crippen molar-refractivity contribution >= 4 is 54.5 Å². The predicted molar refractivity (Wildman–Crippen MR) is 272 cm³/mol. The molecule has 10 aromatic carbocycles. The van der Waals surface area contributed by atoms with Crippen molar-refractivity contribution in [3.8, 4) is 73.2 Å². The van der Waals surface area contributed by atoms with Gasteiger partial charge in [0.2, 0.25) is 0 Å². The van der Waals surface area contributed by atoms with Crippen LogP contribution in [-0.2, 0) is 0 Å². The number of nitrogens with zero attached hydrogens (tertiary/aromatic N) is 4. The Hall–Kier alpha value is -8.93. The molecule has 3 aromatic heterocycles. The molecule has 0 atom stereocenters. The zero-order valence-corrected chi connectivity index (χ0v) is 35.6. The fourth-order valence-corrected chi connectivity index (χ4v) is 9.78. The molecule has 5 nitrogen and oxygen atoms in total. The van der Waals surface area contributed by atoms with E-state index in [4.69, 9.17) is 19.4 Å². The first kappa shape index (κ1) is 37.6. The number of hydrogen-bond acceptors (Lipinski definition) is 4. The Labute approximate surface area is 380 Å². The number of benzene rings is 10. The summed E-state index contributed by atoms with van der Waals surface area (Å²) in [4.78, 5) is 16.1. The Kier molecular flexibility index (Phi) is 8.78. The number of furan rings is 1. The highest BCUT2D eigenvalue weighted by Gasteiger charge is 2.23. The van der Waals surface area contributed by atoms with Crippen LogP contribution in [-0.4, -0.2) is 19.5 Å². The van der Waals surface area contributed by atoms with Gasteiger partial charge in [0.25, 0.3) is 0 Å². The maximum Gasteiger partial charge on any atom is 0.164 e. The summed E-state index contributed by atoms with van der Waals surface area (Å²) in [5.41, 5.74) is 14.2. The minimum Gasteiger partial charge on any atom is -0.456 e. The van der Waals surface area contributed by atoms with Gasteiger partial charge in [-0.15, -0.1) is 0 Å². The molecule has 0 aliphatic carbocycles. The molecule has 0 bridgehead atoms. The van der Waals surface area contributed by atoms with Crippen LogP contribution in [0.3, 0.4) is 0 Å². The second-order valence-electron chi connectivity index (χ2n) is 16.7. The molecule has 66 heavy (non-hydrogen) atoms. The van der Waals surface area contributed by atoms with Crippen LogP contribution in [0.5, 0.6) is 0 Å². The summed E-state index contributed by atoms with van der Waals surface area (Å²) >= 11 is 0. The standard InChI is InChI=1S/C61H38N4O/c1-5-17-39(18-6-1)45-37-49(43-29-32-54-50(35-43)48-27-15-16-28-53(48)65(54)46-24-11-4-12-25-46)57(41-20-7-2-8-21-41)52(38-45)61-63-59(42-22-9-3-10-23-42)62-60(64-61)44-31-33-55-51(36-44)58-47-26-14-13-19-40(47)30-34-56(58)66-55/h1-38H. The third-order valence-corrected chi connectivity index (χ3v) is 12.8. The van der Waals surface area contributed by atoms with Crippen molar-refractivity contribution in [3.63, 3.8) is 0 Å². The van der Waals surface area contributed by atoms with E-state index in [-0.39, 0.29) is 0 Å². The molecule has 0 N–H and O–H groups in total. The van der Waals surface area contributed by atoms with Gasteiger partial charge in [-0.05, 0) is 105 Å². The lowest BCUT2D eigenvalue weighted by Gasteiger charge is -2.19. The molecular formula is C61H38N4O. The van der Waals surface area contributed by atoms with Crippen molar-refractivity contribution in [3.05, 3.63) is 231 Å². The molecule has 5 heteroatoms. The van der Waals surface area contributed by atoms with E-state index in [1.807, 2.05) is 24.3 Å². The minimum atomic E-state index is 0.580. The van der Waals surface area contributed by atoms with Crippen molar-refractivity contribution in [2.45, 2.75) is 0 Å². The van der Waals surface area contributed by atoms with Crippen LogP contribution >= 0.6 is 0 Å². The highest BCUT2D eigenvalue weighted by molar-refractivity contribution is 6.19. The van der Waals surface area contributed by atoms with Gasteiger partial charge in [-0.1, -0.05) is 164 Å². The zero-order chi connectivity index (χ0) is 43.6. The summed E-state index contributed by atoms with van der Waals surface area (Å²) in [6.07, 6.45) is 0. The van der Waals surface area contributed by atoms with Gasteiger partial charge >= 0.3 is 0 Å². The molecule has 0 saturated carbocycles. The Morgan fingerprint density at radius 1 is 0.318 bits per heavy atom. The number of hydrogen-bond donors (Lipinski definition) is 0. The first-order valence-electron chi connectivity index (χ1n) is 22.3. The molecule has 13 aromatic rings. The second-order valence-corrected chi connectivity index (χ2v) is 16.7. The number of para-hydroxylation sites is 2. The predicted octanol–water partition coefficient (Wildman–Crippen LogP) is 16.0. The molecule has 0 aliphatic rings. The molecule has 0 unspecified atom stereocenters. The summed E-state index contributed by atoms with van der Waals surface area (Å²) in [5, 5.41) is 6.79. The van der Waals surface area contributed by atoms with Crippen LogP contribution in [0.15, 0.2) is 235 Å². The van der Waals surface area contributed by atoms with Gasteiger partial charge < -0.3 is 8.98 Å². The SMILES string of the molecule is c1ccc(-c2cc(-c3ccc4c(c3)c3ccccc3n4-c3ccccc3)c(-c3ccccc3)c(-c3nc(-c4ccccc4)nc(-c4ccc5oc6ccc7ccccc7c6c5c4)n3)c2)cc1. The summed E-state index contributed by atoms with van der Waals surface area (Å²) < 4.78 is 8.80. The van der Waals surface area contributed by atoms with E-state index >= 15 is 0 Å². The molecule has 308 valence electrons. The quantitative estimate of drug-likeness (QED) is 0.160. The van der Waals surface area contributed by atoms with E-state index in [0.29, 0.717) is 17.5 Å². The average Bonchev–Trinajstić information content (AvgIpc) is 3.94. The zero-order valence-electron chi connectivity index (χ0n) is 35.6.